The van der Waals surface area contributed by atoms with Crippen molar-refractivity contribution in [2.24, 2.45) is 23.7 Å². The Balaban J connectivity index is 1.39. The standard InChI is InChI=1S/C21H33NO/c1-13(12-21(3,4)19-6-5-14(2)23-19)22-20-17-8-15-7-16(10-17)11-18(20)9-15/h5-6,13,15-18,20,22H,7-12H2,1-4H3. The van der Waals surface area contributed by atoms with Crippen LogP contribution in [0.15, 0.2) is 16.5 Å². The highest BCUT2D eigenvalue weighted by Gasteiger charge is 2.48. The molecule has 4 fully saturated rings. The van der Waals surface area contributed by atoms with Gasteiger partial charge in [-0.25, -0.2) is 0 Å². The molecule has 2 nitrogen and oxygen atoms in total. The van der Waals surface area contributed by atoms with Gasteiger partial charge in [0.1, 0.15) is 11.5 Å². The quantitative estimate of drug-likeness (QED) is 0.821. The first-order chi connectivity index (χ1) is 10.9. The highest BCUT2D eigenvalue weighted by atomic mass is 16.3. The van der Waals surface area contributed by atoms with E-state index in [-0.39, 0.29) is 5.41 Å². The van der Waals surface area contributed by atoms with E-state index in [2.05, 4.69) is 38.2 Å². The third-order valence-corrected chi connectivity index (χ3v) is 6.93. The minimum absolute atomic E-state index is 0.104. The van der Waals surface area contributed by atoms with Crippen molar-refractivity contribution in [2.75, 3.05) is 0 Å². The molecule has 1 N–H and O–H groups in total. The maximum absolute atomic E-state index is 5.91. The molecule has 0 radical (unpaired) electrons. The van der Waals surface area contributed by atoms with Crippen molar-refractivity contribution in [3.8, 4) is 0 Å². The van der Waals surface area contributed by atoms with Gasteiger partial charge in [-0.2, -0.15) is 0 Å². The molecule has 4 bridgehead atoms. The van der Waals surface area contributed by atoms with E-state index in [1.807, 2.05) is 6.92 Å². The van der Waals surface area contributed by atoms with Crippen molar-refractivity contribution in [3.63, 3.8) is 0 Å². The van der Waals surface area contributed by atoms with Gasteiger partial charge in [-0.15, -0.1) is 0 Å². The summed E-state index contributed by atoms with van der Waals surface area (Å²) in [6.45, 7) is 9.05. The lowest BCUT2D eigenvalue weighted by Gasteiger charge is -2.55. The van der Waals surface area contributed by atoms with Gasteiger partial charge >= 0.3 is 0 Å². The third-order valence-electron chi connectivity index (χ3n) is 6.93. The molecule has 4 aliphatic rings. The van der Waals surface area contributed by atoms with Crippen LogP contribution < -0.4 is 5.32 Å². The summed E-state index contributed by atoms with van der Waals surface area (Å²) in [6.07, 6.45) is 8.68. The Hall–Kier alpha value is -0.760. The van der Waals surface area contributed by atoms with Crippen LogP contribution in [0.2, 0.25) is 0 Å². The normalized spacial score (nSPS) is 37.3. The molecule has 1 aromatic heterocycles. The maximum Gasteiger partial charge on any atom is 0.109 e. The van der Waals surface area contributed by atoms with Crippen LogP contribution in [0.25, 0.3) is 0 Å². The minimum Gasteiger partial charge on any atom is -0.466 e. The topological polar surface area (TPSA) is 25.2 Å². The van der Waals surface area contributed by atoms with Gasteiger partial charge in [0.2, 0.25) is 0 Å². The fourth-order valence-electron chi connectivity index (χ4n) is 6.25. The van der Waals surface area contributed by atoms with Crippen molar-refractivity contribution >= 4 is 0 Å². The van der Waals surface area contributed by atoms with E-state index in [4.69, 9.17) is 4.42 Å². The molecule has 1 atom stereocenters. The summed E-state index contributed by atoms with van der Waals surface area (Å²) in [5, 5.41) is 4.05. The summed E-state index contributed by atoms with van der Waals surface area (Å²) in [5.74, 6) is 6.20. The van der Waals surface area contributed by atoms with Gasteiger partial charge in [-0.3, -0.25) is 0 Å². The first kappa shape index (κ1) is 15.7. The van der Waals surface area contributed by atoms with E-state index >= 15 is 0 Å². The van der Waals surface area contributed by atoms with E-state index < -0.39 is 0 Å². The minimum atomic E-state index is 0.104. The van der Waals surface area contributed by atoms with Crippen molar-refractivity contribution in [1.29, 1.82) is 0 Å². The van der Waals surface area contributed by atoms with Crippen LogP contribution in [0.3, 0.4) is 0 Å². The zero-order chi connectivity index (χ0) is 16.2. The molecule has 0 saturated heterocycles. The van der Waals surface area contributed by atoms with Crippen LogP contribution in [0.5, 0.6) is 0 Å². The average Bonchev–Trinajstić information content (AvgIpc) is 2.89. The Morgan fingerprint density at radius 2 is 1.70 bits per heavy atom. The van der Waals surface area contributed by atoms with Gasteiger partial charge in [0.25, 0.3) is 0 Å². The maximum atomic E-state index is 5.91. The second kappa shape index (κ2) is 5.65. The molecule has 23 heavy (non-hydrogen) atoms. The van der Waals surface area contributed by atoms with Crippen LogP contribution in [-0.2, 0) is 5.41 Å². The first-order valence-corrected chi connectivity index (χ1v) is 9.73. The van der Waals surface area contributed by atoms with E-state index in [9.17, 15) is 0 Å². The number of hydrogen-bond donors (Lipinski definition) is 1. The lowest BCUT2D eigenvalue weighted by atomic mass is 9.54. The summed E-state index contributed by atoms with van der Waals surface area (Å²) in [7, 11) is 0. The molecular formula is C21H33NO. The molecule has 1 heterocycles. The zero-order valence-corrected chi connectivity index (χ0v) is 15.3. The van der Waals surface area contributed by atoms with E-state index in [0.717, 1.165) is 47.7 Å². The van der Waals surface area contributed by atoms with Crippen molar-refractivity contribution in [2.45, 2.75) is 83.7 Å². The zero-order valence-electron chi connectivity index (χ0n) is 15.3. The lowest BCUT2D eigenvalue weighted by Crippen LogP contribution is -2.56. The molecule has 0 aromatic carbocycles. The molecule has 0 amide bonds. The van der Waals surface area contributed by atoms with Gasteiger partial charge in [-0.05, 0) is 88.2 Å². The predicted octanol–water partition coefficient (Wildman–Crippen LogP) is 5.06. The summed E-state index contributed by atoms with van der Waals surface area (Å²) >= 11 is 0. The van der Waals surface area contributed by atoms with Crippen molar-refractivity contribution < 1.29 is 4.42 Å². The Labute approximate surface area is 141 Å². The first-order valence-electron chi connectivity index (χ1n) is 9.73. The molecule has 0 spiro atoms. The van der Waals surface area contributed by atoms with Crippen molar-refractivity contribution in [3.05, 3.63) is 23.7 Å². The predicted molar refractivity (Wildman–Crippen MR) is 94.5 cm³/mol. The molecule has 5 rings (SSSR count). The number of aryl methyl sites for hydroxylation is 1. The number of hydrogen-bond acceptors (Lipinski definition) is 2. The molecular weight excluding hydrogens is 282 g/mol. The number of furan rings is 1. The SMILES string of the molecule is Cc1ccc(C(C)(C)CC(C)NC2C3CC4CC(C3)CC2C4)o1. The summed E-state index contributed by atoms with van der Waals surface area (Å²) in [4.78, 5) is 0. The Bertz CT molecular complexity index is 530. The molecule has 0 aliphatic heterocycles. The van der Waals surface area contributed by atoms with Crippen LogP contribution in [0.4, 0.5) is 0 Å². The van der Waals surface area contributed by atoms with Crippen LogP contribution >= 0.6 is 0 Å². The molecule has 4 aliphatic carbocycles. The second-order valence-corrected chi connectivity index (χ2v) is 9.52. The Morgan fingerprint density at radius 3 is 2.22 bits per heavy atom. The smallest absolute Gasteiger partial charge is 0.109 e. The summed E-state index contributed by atoms with van der Waals surface area (Å²) < 4.78 is 5.91. The van der Waals surface area contributed by atoms with Gasteiger partial charge in [0.15, 0.2) is 0 Å². The molecule has 1 aromatic rings. The second-order valence-electron chi connectivity index (χ2n) is 9.52. The summed E-state index contributed by atoms with van der Waals surface area (Å²) in [6, 6.07) is 5.59. The van der Waals surface area contributed by atoms with Gasteiger partial charge < -0.3 is 9.73 Å². The highest BCUT2D eigenvalue weighted by molar-refractivity contribution is 5.15. The Morgan fingerprint density at radius 1 is 1.09 bits per heavy atom. The molecule has 2 heteroatoms. The number of nitrogens with one attached hydrogen (secondary N) is 1. The van der Waals surface area contributed by atoms with Gasteiger partial charge in [0, 0.05) is 17.5 Å². The third kappa shape index (κ3) is 2.99. The van der Waals surface area contributed by atoms with Crippen LogP contribution in [-0.4, -0.2) is 12.1 Å². The van der Waals surface area contributed by atoms with E-state index in [0.29, 0.717) is 6.04 Å². The molecule has 1 unspecified atom stereocenters. The summed E-state index contributed by atoms with van der Waals surface area (Å²) in [5.41, 5.74) is 0.104. The van der Waals surface area contributed by atoms with E-state index in [1.165, 1.54) is 25.7 Å². The largest absolute Gasteiger partial charge is 0.466 e. The highest BCUT2D eigenvalue weighted by Crippen LogP contribution is 2.53. The number of rotatable bonds is 5. The lowest BCUT2D eigenvalue weighted by molar-refractivity contribution is -0.0180. The van der Waals surface area contributed by atoms with Crippen molar-refractivity contribution in [1.82, 2.24) is 5.32 Å². The monoisotopic (exact) mass is 315 g/mol. The van der Waals surface area contributed by atoms with Gasteiger partial charge in [0.05, 0.1) is 0 Å². The van der Waals surface area contributed by atoms with Crippen LogP contribution in [0, 0.1) is 30.6 Å². The molecule has 4 saturated carbocycles. The Kier molecular flexibility index (Phi) is 3.87. The van der Waals surface area contributed by atoms with E-state index in [1.54, 1.807) is 6.42 Å². The average molecular weight is 316 g/mol. The van der Waals surface area contributed by atoms with Crippen LogP contribution in [0.1, 0.15) is 70.8 Å². The fraction of sp³-hybridized carbons (Fsp3) is 0.810. The van der Waals surface area contributed by atoms with Gasteiger partial charge in [-0.1, -0.05) is 13.8 Å². The molecule has 128 valence electrons. The fourth-order valence-corrected chi connectivity index (χ4v) is 6.25.